The number of nitrogens with zero attached hydrogens (tertiary/aromatic N) is 3. The first kappa shape index (κ1) is 16.3. The molecular weight excluding hydrogens is 346 g/mol. The van der Waals surface area contributed by atoms with Gasteiger partial charge in [0.1, 0.15) is 11.3 Å². The van der Waals surface area contributed by atoms with E-state index in [1.165, 1.54) is 5.56 Å². The maximum atomic E-state index is 12.5. The van der Waals surface area contributed by atoms with Crippen LogP contribution in [0.15, 0.2) is 23.1 Å². The quantitative estimate of drug-likeness (QED) is 0.739. The third kappa shape index (κ3) is 2.86. The van der Waals surface area contributed by atoms with Gasteiger partial charge in [0.25, 0.3) is 0 Å². The third-order valence-corrected chi connectivity index (χ3v) is 5.30. The molecule has 140 valence electrons. The molecule has 2 N–H and O–H groups in total. The number of fused-ring (bicyclic) bond motifs is 2. The number of nitrogens with one attached hydrogen (secondary N) is 2. The average molecular weight is 367 g/mol. The Bertz CT molecular complexity index is 1070. The van der Waals surface area contributed by atoms with Crippen LogP contribution in [0.4, 0.5) is 11.6 Å². The van der Waals surface area contributed by atoms with Crippen LogP contribution in [0.1, 0.15) is 30.0 Å². The van der Waals surface area contributed by atoms with Crippen molar-refractivity contribution >= 4 is 22.8 Å². The van der Waals surface area contributed by atoms with Crippen molar-refractivity contribution in [3.8, 4) is 5.75 Å². The number of H-pyrrole nitrogens is 1. The Hall–Kier alpha value is -2.87. The predicted molar refractivity (Wildman–Crippen MR) is 101 cm³/mol. The summed E-state index contributed by atoms with van der Waals surface area (Å²) in [6.45, 7) is 4.07. The molecule has 0 atom stereocenters. The molecule has 1 aromatic carbocycles. The van der Waals surface area contributed by atoms with Gasteiger partial charge in [-0.25, -0.2) is 9.78 Å². The van der Waals surface area contributed by atoms with Crippen molar-refractivity contribution in [1.29, 1.82) is 0 Å². The summed E-state index contributed by atoms with van der Waals surface area (Å²) < 4.78 is 12.8. The van der Waals surface area contributed by atoms with Crippen molar-refractivity contribution in [2.24, 2.45) is 0 Å². The molecule has 3 aromatic rings. The molecule has 2 aromatic heterocycles. The van der Waals surface area contributed by atoms with Gasteiger partial charge in [-0.1, -0.05) is 0 Å². The van der Waals surface area contributed by atoms with Crippen LogP contribution >= 0.6 is 0 Å². The van der Waals surface area contributed by atoms with E-state index < -0.39 is 0 Å². The van der Waals surface area contributed by atoms with Crippen molar-refractivity contribution in [3.63, 3.8) is 0 Å². The molecule has 8 nitrogen and oxygen atoms in total. The zero-order chi connectivity index (χ0) is 18.4. The molecule has 0 radical (unpaired) electrons. The summed E-state index contributed by atoms with van der Waals surface area (Å²) in [5.74, 6) is 1.43. The number of hydrogen-bond acceptors (Lipinski definition) is 6. The average Bonchev–Trinajstić information content (AvgIpc) is 3.25. The molecule has 5 rings (SSSR count). The maximum Gasteiger partial charge on any atom is 0.327 e. The lowest BCUT2D eigenvalue weighted by molar-refractivity contribution is 0.0697. The number of rotatable bonds is 3. The number of hydrogen-bond donors (Lipinski definition) is 2. The summed E-state index contributed by atoms with van der Waals surface area (Å²) in [7, 11) is 0. The van der Waals surface area contributed by atoms with Crippen LogP contribution in [-0.2, 0) is 11.2 Å². The highest BCUT2D eigenvalue weighted by atomic mass is 16.5. The standard InChI is InChI=1S/C19H21N5O3/c1-11-8-16-12(2-7-27-16)9-14(11)21-18-20-10-15-17(23-18)24(19(25)22-15)13-3-5-26-6-4-13/h8-10,13H,2-7H2,1H3,(H,22,25)(H,20,21,23). The maximum absolute atomic E-state index is 12.5. The minimum atomic E-state index is -0.144. The minimum Gasteiger partial charge on any atom is -0.493 e. The van der Waals surface area contributed by atoms with E-state index in [1.807, 2.05) is 13.0 Å². The fourth-order valence-electron chi connectivity index (χ4n) is 3.84. The topological polar surface area (TPSA) is 94.1 Å². The Kier molecular flexibility index (Phi) is 3.86. The van der Waals surface area contributed by atoms with Crippen molar-refractivity contribution in [1.82, 2.24) is 19.5 Å². The fourth-order valence-corrected chi connectivity index (χ4v) is 3.84. The molecule has 0 aliphatic carbocycles. The summed E-state index contributed by atoms with van der Waals surface area (Å²) in [4.78, 5) is 24.3. The molecule has 0 saturated carbocycles. The monoisotopic (exact) mass is 367 g/mol. The molecule has 27 heavy (non-hydrogen) atoms. The van der Waals surface area contributed by atoms with Crippen molar-refractivity contribution < 1.29 is 9.47 Å². The number of aromatic nitrogens is 4. The van der Waals surface area contributed by atoms with E-state index in [4.69, 9.17) is 9.47 Å². The Morgan fingerprint density at radius 3 is 2.96 bits per heavy atom. The normalized spacial score (nSPS) is 17.1. The Labute approximate surface area is 155 Å². The zero-order valence-electron chi connectivity index (χ0n) is 15.1. The second-order valence-corrected chi connectivity index (χ2v) is 7.07. The van der Waals surface area contributed by atoms with Gasteiger partial charge in [-0.05, 0) is 43.0 Å². The first-order valence-corrected chi connectivity index (χ1v) is 9.27. The van der Waals surface area contributed by atoms with Gasteiger partial charge < -0.3 is 19.8 Å². The van der Waals surface area contributed by atoms with Gasteiger partial charge in [0.15, 0.2) is 5.65 Å². The largest absolute Gasteiger partial charge is 0.493 e. The van der Waals surface area contributed by atoms with Gasteiger partial charge >= 0.3 is 5.69 Å². The molecule has 0 unspecified atom stereocenters. The van der Waals surface area contributed by atoms with Crippen molar-refractivity contribution in [2.45, 2.75) is 32.2 Å². The van der Waals surface area contributed by atoms with E-state index in [1.54, 1.807) is 10.8 Å². The highest BCUT2D eigenvalue weighted by molar-refractivity contribution is 5.72. The third-order valence-electron chi connectivity index (χ3n) is 5.30. The summed E-state index contributed by atoms with van der Waals surface area (Å²) >= 11 is 0. The van der Waals surface area contributed by atoms with E-state index in [0.29, 0.717) is 30.3 Å². The van der Waals surface area contributed by atoms with E-state index >= 15 is 0 Å². The lowest BCUT2D eigenvalue weighted by Crippen LogP contribution is -2.27. The summed E-state index contributed by atoms with van der Waals surface area (Å²) in [5.41, 5.74) is 4.34. The molecule has 8 heteroatoms. The smallest absolute Gasteiger partial charge is 0.327 e. The zero-order valence-corrected chi connectivity index (χ0v) is 15.1. The van der Waals surface area contributed by atoms with Crippen molar-refractivity contribution in [2.75, 3.05) is 25.1 Å². The molecule has 2 aliphatic heterocycles. The first-order chi connectivity index (χ1) is 13.2. The van der Waals surface area contributed by atoms with E-state index in [9.17, 15) is 4.79 Å². The lowest BCUT2D eigenvalue weighted by Gasteiger charge is -2.22. The Balaban J connectivity index is 1.52. The Morgan fingerprint density at radius 1 is 1.26 bits per heavy atom. The number of imidazole rings is 1. The van der Waals surface area contributed by atoms with E-state index in [0.717, 1.165) is 42.9 Å². The number of ether oxygens (including phenoxy) is 2. The van der Waals surface area contributed by atoms with Crippen LogP contribution in [-0.4, -0.2) is 39.3 Å². The molecule has 0 amide bonds. The number of anilines is 2. The summed E-state index contributed by atoms with van der Waals surface area (Å²) in [6, 6.07) is 4.23. The molecular formula is C19H21N5O3. The predicted octanol–water partition coefficient (Wildman–Crippen LogP) is 2.46. The van der Waals surface area contributed by atoms with Gasteiger partial charge in [-0.3, -0.25) is 4.57 Å². The second kappa shape index (κ2) is 6.38. The van der Waals surface area contributed by atoms with Crippen LogP contribution < -0.4 is 15.7 Å². The van der Waals surface area contributed by atoms with Gasteiger partial charge in [-0.2, -0.15) is 4.98 Å². The summed E-state index contributed by atoms with van der Waals surface area (Å²) in [5, 5.41) is 3.30. The molecule has 1 saturated heterocycles. The highest BCUT2D eigenvalue weighted by Crippen LogP contribution is 2.32. The minimum absolute atomic E-state index is 0.0987. The highest BCUT2D eigenvalue weighted by Gasteiger charge is 2.22. The van der Waals surface area contributed by atoms with Crippen LogP contribution in [0.2, 0.25) is 0 Å². The fraction of sp³-hybridized carbons (Fsp3) is 0.421. The molecule has 4 heterocycles. The lowest BCUT2D eigenvalue weighted by atomic mass is 10.1. The second-order valence-electron chi connectivity index (χ2n) is 7.07. The molecule has 0 spiro atoms. The SMILES string of the molecule is Cc1cc2c(cc1Nc1ncc3[nH]c(=O)n(C4CCOCC4)c3n1)CCO2. The number of aromatic amines is 1. The molecule has 0 bridgehead atoms. The van der Waals surface area contributed by atoms with Gasteiger partial charge in [0.2, 0.25) is 5.95 Å². The summed E-state index contributed by atoms with van der Waals surface area (Å²) in [6.07, 6.45) is 4.19. The van der Waals surface area contributed by atoms with Gasteiger partial charge in [-0.15, -0.1) is 0 Å². The first-order valence-electron chi connectivity index (χ1n) is 9.27. The molecule has 2 aliphatic rings. The van der Waals surface area contributed by atoms with Crippen LogP contribution in [0, 0.1) is 6.92 Å². The number of benzene rings is 1. The van der Waals surface area contributed by atoms with Crippen LogP contribution in [0.25, 0.3) is 11.2 Å². The number of aryl methyl sites for hydroxylation is 1. The Morgan fingerprint density at radius 2 is 2.11 bits per heavy atom. The molecule has 1 fully saturated rings. The van der Waals surface area contributed by atoms with Crippen LogP contribution in [0.5, 0.6) is 5.75 Å². The van der Waals surface area contributed by atoms with Gasteiger partial charge in [0.05, 0.1) is 12.8 Å². The van der Waals surface area contributed by atoms with Gasteiger partial charge in [0, 0.05) is 31.4 Å². The van der Waals surface area contributed by atoms with E-state index in [2.05, 4.69) is 26.3 Å². The van der Waals surface area contributed by atoms with Crippen LogP contribution in [0.3, 0.4) is 0 Å². The van der Waals surface area contributed by atoms with Crippen molar-refractivity contribution in [3.05, 3.63) is 39.9 Å². The van der Waals surface area contributed by atoms with E-state index in [-0.39, 0.29) is 11.7 Å².